The molecule has 0 bridgehead atoms. The summed E-state index contributed by atoms with van der Waals surface area (Å²) in [5.74, 6) is 0. The molecule has 3 heteroatoms. The predicted octanol–water partition coefficient (Wildman–Crippen LogP) is 4.09. The summed E-state index contributed by atoms with van der Waals surface area (Å²) in [7, 11) is 0. The van der Waals surface area contributed by atoms with Crippen molar-refractivity contribution < 1.29 is 0 Å². The summed E-state index contributed by atoms with van der Waals surface area (Å²) in [6.07, 6.45) is 4.00. The molecule has 88 valence electrons. The van der Waals surface area contributed by atoms with Crippen molar-refractivity contribution in [3.05, 3.63) is 34.9 Å². The molecule has 1 aliphatic heterocycles. The van der Waals surface area contributed by atoms with Crippen molar-refractivity contribution in [2.45, 2.75) is 31.8 Å². The maximum atomic E-state index is 6.01. The van der Waals surface area contributed by atoms with E-state index in [4.69, 9.17) is 11.6 Å². The van der Waals surface area contributed by atoms with Gasteiger partial charge in [-0.15, -0.1) is 0 Å². The second-order valence-corrected chi connectivity index (χ2v) is 5.49. The number of benzene rings is 1. The van der Waals surface area contributed by atoms with Gasteiger partial charge in [-0.1, -0.05) is 46.1 Å². The van der Waals surface area contributed by atoms with Crippen molar-refractivity contribution in [3.63, 3.8) is 0 Å². The van der Waals surface area contributed by atoms with Crippen molar-refractivity contribution in [2.24, 2.45) is 0 Å². The van der Waals surface area contributed by atoms with E-state index >= 15 is 0 Å². The van der Waals surface area contributed by atoms with Crippen LogP contribution in [0.15, 0.2) is 24.3 Å². The summed E-state index contributed by atoms with van der Waals surface area (Å²) in [6.45, 7) is 2.24. The summed E-state index contributed by atoms with van der Waals surface area (Å²) >= 11 is 9.62. The minimum Gasteiger partial charge on any atom is -0.295 e. The summed E-state index contributed by atoms with van der Waals surface area (Å²) < 4.78 is 0. The van der Waals surface area contributed by atoms with Crippen LogP contribution in [0.5, 0.6) is 0 Å². The van der Waals surface area contributed by atoms with Crippen LogP contribution in [0.2, 0.25) is 5.02 Å². The van der Waals surface area contributed by atoms with Crippen LogP contribution in [-0.4, -0.2) is 22.8 Å². The first-order chi connectivity index (χ1) is 7.79. The van der Waals surface area contributed by atoms with Gasteiger partial charge in [0, 0.05) is 22.9 Å². The molecule has 0 N–H and O–H groups in total. The number of hydrogen-bond acceptors (Lipinski definition) is 1. The van der Waals surface area contributed by atoms with Crippen molar-refractivity contribution >= 4 is 27.5 Å². The zero-order valence-electron chi connectivity index (χ0n) is 9.33. The Morgan fingerprint density at radius 3 is 3.00 bits per heavy atom. The molecule has 1 fully saturated rings. The number of halogens is 2. The van der Waals surface area contributed by atoms with Crippen LogP contribution in [0.4, 0.5) is 0 Å². The number of likely N-dealkylation sites (tertiary alicyclic amines) is 1. The second kappa shape index (κ2) is 6.04. The van der Waals surface area contributed by atoms with Crippen molar-refractivity contribution in [2.75, 3.05) is 11.9 Å². The molecular formula is C13H17BrClN. The van der Waals surface area contributed by atoms with Crippen LogP contribution < -0.4 is 0 Å². The molecule has 1 aromatic carbocycles. The van der Waals surface area contributed by atoms with Crippen LogP contribution in [0.3, 0.4) is 0 Å². The van der Waals surface area contributed by atoms with Gasteiger partial charge >= 0.3 is 0 Å². The molecule has 1 atom stereocenters. The summed E-state index contributed by atoms with van der Waals surface area (Å²) in [5.41, 5.74) is 1.32. The molecule has 0 radical (unpaired) electrons. The monoisotopic (exact) mass is 301 g/mol. The van der Waals surface area contributed by atoms with Crippen LogP contribution in [0.1, 0.15) is 24.8 Å². The fraction of sp³-hybridized carbons (Fsp3) is 0.538. The first-order valence-electron chi connectivity index (χ1n) is 5.84. The topological polar surface area (TPSA) is 3.24 Å². The van der Waals surface area contributed by atoms with Gasteiger partial charge in [-0.25, -0.2) is 0 Å². The molecule has 2 rings (SSSR count). The zero-order chi connectivity index (χ0) is 11.4. The van der Waals surface area contributed by atoms with E-state index in [9.17, 15) is 0 Å². The molecule has 0 spiro atoms. The smallest absolute Gasteiger partial charge is 0.0409 e. The van der Waals surface area contributed by atoms with Crippen molar-refractivity contribution in [3.8, 4) is 0 Å². The fourth-order valence-corrected chi connectivity index (χ4v) is 3.26. The minimum atomic E-state index is 0.688. The number of piperidine rings is 1. The Balaban J connectivity index is 2.02. The highest BCUT2D eigenvalue weighted by atomic mass is 79.9. The first kappa shape index (κ1) is 12.4. The molecule has 1 nitrogen and oxygen atoms in total. The molecule has 0 aliphatic carbocycles. The van der Waals surface area contributed by atoms with Gasteiger partial charge in [-0.3, -0.25) is 4.90 Å². The van der Waals surface area contributed by atoms with Gasteiger partial charge in [-0.2, -0.15) is 0 Å². The Hall–Kier alpha value is -0.0500. The van der Waals surface area contributed by atoms with Gasteiger partial charge < -0.3 is 0 Å². The molecule has 1 heterocycles. The lowest BCUT2D eigenvalue weighted by atomic mass is 10.0. The SMILES string of the molecule is Clc1cccc(CN2CCCCC2CBr)c1. The number of hydrogen-bond donors (Lipinski definition) is 0. The normalized spacial score (nSPS) is 22.2. The van der Waals surface area contributed by atoms with E-state index in [0.717, 1.165) is 16.9 Å². The number of alkyl halides is 1. The third-order valence-electron chi connectivity index (χ3n) is 3.20. The molecule has 1 saturated heterocycles. The molecule has 1 aliphatic rings. The zero-order valence-corrected chi connectivity index (χ0v) is 11.7. The van der Waals surface area contributed by atoms with Crippen LogP contribution in [-0.2, 0) is 6.54 Å². The molecule has 16 heavy (non-hydrogen) atoms. The average molecular weight is 303 g/mol. The predicted molar refractivity (Wildman–Crippen MR) is 73.3 cm³/mol. The lowest BCUT2D eigenvalue weighted by Gasteiger charge is -2.34. The number of rotatable bonds is 3. The maximum Gasteiger partial charge on any atom is 0.0409 e. The Morgan fingerprint density at radius 1 is 1.38 bits per heavy atom. The van der Waals surface area contributed by atoms with Crippen LogP contribution >= 0.6 is 27.5 Å². The lowest BCUT2D eigenvalue weighted by Crippen LogP contribution is -2.39. The highest BCUT2D eigenvalue weighted by molar-refractivity contribution is 9.09. The quantitative estimate of drug-likeness (QED) is 0.760. The van der Waals surface area contributed by atoms with Gasteiger partial charge in [0.2, 0.25) is 0 Å². The van der Waals surface area contributed by atoms with E-state index in [1.807, 2.05) is 12.1 Å². The van der Waals surface area contributed by atoms with Crippen LogP contribution in [0, 0.1) is 0 Å². The molecule has 1 aromatic rings. The molecule has 1 unspecified atom stereocenters. The Bertz CT molecular complexity index is 342. The van der Waals surface area contributed by atoms with E-state index in [1.165, 1.54) is 31.4 Å². The van der Waals surface area contributed by atoms with Gasteiger partial charge in [0.25, 0.3) is 0 Å². The molecular weight excluding hydrogens is 286 g/mol. The third kappa shape index (κ3) is 3.22. The van der Waals surface area contributed by atoms with Crippen molar-refractivity contribution in [1.29, 1.82) is 0 Å². The highest BCUT2D eigenvalue weighted by Crippen LogP contribution is 2.22. The van der Waals surface area contributed by atoms with E-state index in [-0.39, 0.29) is 0 Å². The van der Waals surface area contributed by atoms with E-state index in [0.29, 0.717) is 6.04 Å². The van der Waals surface area contributed by atoms with Gasteiger partial charge in [0.05, 0.1) is 0 Å². The summed E-state index contributed by atoms with van der Waals surface area (Å²) in [4.78, 5) is 2.56. The first-order valence-corrected chi connectivity index (χ1v) is 7.34. The standard InChI is InChI=1S/C13H17BrClN/c14-9-13-6-1-2-7-16(13)10-11-4-3-5-12(15)8-11/h3-5,8,13H,1-2,6-7,9-10H2. The second-order valence-electron chi connectivity index (χ2n) is 4.40. The molecule has 0 saturated carbocycles. The third-order valence-corrected chi connectivity index (χ3v) is 4.18. The fourth-order valence-electron chi connectivity index (χ4n) is 2.31. The van der Waals surface area contributed by atoms with Gasteiger partial charge in [-0.05, 0) is 37.1 Å². The average Bonchev–Trinajstić information content (AvgIpc) is 2.30. The summed E-state index contributed by atoms with van der Waals surface area (Å²) in [6, 6.07) is 8.88. The highest BCUT2D eigenvalue weighted by Gasteiger charge is 2.21. The van der Waals surface area contributed by atoms with Crippen molar-refractivity contribution in [1.82, 2.24) is 4.90 Å². The lowest BCUT2D eigenvalue weighted by molar-refractivity contribution is 0.156. The Kier molecular flexibility index (Phi) is 4.68. The number of nitrogens with zero attached hydrogens (tertiary/aromatic N) is 1. The Labute approximate surface area is 111 Å². The molecule has 0 aromatic heterocycles. The van der Waals surface area contributed by atoms with Gasteiger partial charge in [0.1, 0.15) is 0 Å². The minimum absolute atomic E-state index is 0.688. The van der Waals surface area contributed by atoms with E-state index in [2.05, 4.69) is 33.0 Å². The Morgan fingerprint density at radius 2 is 2.25 bits per heavy atom. The maximum absolute atomic E-state index is 6.01. The van der Waals surface area contributed by atoms with Crippen LogP contribution in [0.25, 0.3) is 0 Å². The van der Waals surface area contributed by atoms with E-state index < -0.39 is 0 Å². The molecule has 0 amide bonds. The largest absolute Gasteiger partial charge is 0.295 e. The van der Waals surface area contributed by atoms with Gasteiger partial charge in [0.15, 0.2) is 0 Å². The van der Waals surface area contributed by atoms with E-state index in [1.54, 1.807) is 0 Å². The summed E-state index contributed by atoms with van der Waals surface area (Å²) in [5, 5.41) is 1.91.